The molecule has 6 nitrogen and oxygen atoms in total. The highest BCUT2D eigenvalue weighted by molar-refractivity contribution is 7.80. The van der Waals surface area contributed by atoms with E-state index in [0.717, 1.165) is 31.0 Å². The second-order valence-electron chi connectivity index (χ2n) is 8.52. The molecular formula is C22H47NO5S. The largest absolute Gasteiger partial charge is 0.726 e. The summed E-state index contributed by atoms with van der Waals surface area (Å²) in [5.41, 5.74) is 0. The van der Waals surface area contributed by atoms with Crippen LogP contribution in [0.1, 0.15) is 104 Å². The minimum absolute atomic E-state index is 0.444. The van der Waals surface area contributed by atoms with Gasteiger partial charge >= 0.3 is 0 Å². The Bertz CT molecular complexity index is 478. The minimum Gasteiger partial charge on any atom is -0.726 e. The van der Waals surface area contributed by atoms with Crippen LogP contribution in [0.5, 0.6) is 0 Å². The molecule has 0 saturated heterocycles. The van der Waals surface area contributed by atoms with Crippen LogP contribution in [0, 0.1) is 0 Å². The van der Waals surface area contributed by atoms with Crippen LogP contribution in [-0.2, 0) is 19.4 Å². The molecule has 0 aliphatic heterocycles. The number of carbonyl (C=O) groups excluding carboxylic acids is 1. The fourth-order valence-corrected chi connectivity index (χ4v) is 3.01. The molecule has 0 fully saturated rings. The molecule has 0 aromatic rings. The molecule has 176 valence electrons. The number of hydrogen-bond donors (Lipinski definition) is 0. The number of unbranched alkanes of at least 4 members (excludes halogenated alkanes) is 12. The first-order valence-corrected chi connectivity index (χ1v) is 12.8. The molecule has 29 heavy (non-hydrogen) atoms. The van der Waals surface area contributed by atoms with E-state index < -0.39 is 10.4 Å². The average Bonchev–Trinajstić information content (AvgIpc) is 2.65. The average molecular weight is 438 g/mol. The molecule has 0 bridgehead atoms. The van der Waals surface area contributed by atoms with Crippen molar-refractivity contribution in [2.24, 2.45) is 0 Å². The van der Waals surface area contributed by atoms with E-state index >= 15 is 0 Å². The summed E-state index contributed by atoms with van der Waals surface area (Å²) in [7, 11) is 0.677. The highest BCUT2D eigenvalue weighted by Crippen LogP contribution is 2.13. The van der Waals surface area contributed by atoms with Gasteiger partial charge in [-0.25, -0.2) is 8.42 Å². The number of likely N-dealkylation sites (N-methyl/N-ethyl adjacent to an activating group) is 1. The summed E-state index contributed by atoms with van der Waals surface area (Å²) in [6.07, 6.45) is 18.5. The SMILES string of the molecule is CCCCCCCCCCCCCCCC(=O)C[N+](C)(C)CC.COS(=O)(=O)[O-]. The highest BCUT2D eigenvalue weighted by atomic mass is 32.3. The zero-order valence-electron chi connectivity index (χ0n) is 19.7. The number of hydrogen-bond acceptors (Lipinski definition) is 5. The minimum atomic E-state index is -4.41. The van der Waals surface area contributed by atoms with E-state index in [4.69, 9.17) is 0 Å². The highest BCUT2D eigenvalue weighted by Gasteiger charge is 2.16. The molecule has 0 radical (unpaired) electrons. The van der Waals surface area contributed by atoms with E-state index in [-0.39, 0.29) is 0 Å². The summed E-state index contributed by atoms with van der Waals surface area (Å²) in [6.45, 7) is 6.17. The molecule has 7 heteroatoms. The smallest absolute Gasteiger partial charge is 0.217 e. The van der Waals surface area contributed by atoms with Crippen molar-refractivity contribution in [3.05, 3.63) is 0 Å². The summed E-state index contributed by atoms with van der Waals surface area (Å²) in [4.78, 5) is 11.9. The van der Waals surface area contributed by atoms with Gasteiger partial charge in [0.2, 0.25) is 10.4 Å². The summed E-state index contributed by atoms with van der Waals surface area (Å²) < 4.78 is 31.9. The van der Waals surface area contributed by atoms with Crippen LogP contribution in [0.25, 0.3) is 0 Å². The van der Waals surface area contributed by atoms with E-state index in [2.05, 4.69) is 32.1 Å². The van der Waals surface area contributed by atoms with Gasteiger partial charge in [0.15, 0.2) is 5.78 Å². The van der Waals surface area contributed by atoms with E-state index in [0.29, 0.717) is 12.3 Å². The van der Waals surface area contributed by atoms with Crippen molar-refractivity contribution >= 4 is 16.2 Å². The van der Waals surface area contributed by atoms with Gasteiger partial charge in [-0.2, -0.15) is 0 Å². The summed E-state index contributed by atoms with van der Waals surface area (Å²) in [6, 6.07) is 0. The molecule has 0 unspecified atom stereocenters. The van der Waals surface area contributed by atoms with Crippen molar-refractivity contribution in [3.8, 4) is 0 Å². The number of nitrogens with zero attached hydrogens (tertiary/aromatic N) is 1. The Balaban J connectivity index is 0. The molecule has 0 aromatic heterocycles. The van der Waals surface area contributed by atoms with Gasteiger partial charge in [-0.05, 0) is 13.3 Å². The van der Waals surface area contributed by atoms with Gasteiger partial charge in [-0.3, -0.25) is 8.98 Å². The molecule has 0 amide bonds. The third-order valence-corrected chi connectivity index (χ3v) is 5.63. The van der Waals surface area contributed by atoms with Crippen LogP contribution in [0.2, 0.25) is 0 Å². The number of quaternary nitrogens is 1. The molecule has 0 aromatic carbocycles. The van der Waals surface area contributed by atoms with Crippen molar-refractivity contribution in [2.45, 2.75) is 104 Å². The van der Waals surface area contributed by atoms with Gasteiger partial charge in [-0.15, -0.1) is 0 Å². The van der Waals surface area contributed by atoms with Crippen LogP contribution < -0.4 is 0 Å². The molecule has 0 spiro atoms. The Morgan fingerprint density at radius 1 is 0.793 bits per heavy atom. The maximum Gasteiger partial charge on any atom is 0.217 e. The van der Waals surface area contributed by atoms with E-state index in [1.165, 1.54) is 77.0 Å². The molecule has 0 aliphatic rings. The summed E-state index contributed by atoms with van der Waals surface area (Å²) in [5, 5.41) is 0. The van der Waals surface area contributed by atoms with Gasteiger partial charge in [0.05, 0.1) is 27.7 Å². The van der Waals surface area contributed by atoms with Gasteiger partial charge in [-0.1, -0.05) is 84.0 Å². The number of carbonyl (C=O) groups is 1. The number of Topliss-reactive ketones (excluding diaryl/α,β-unsaturated/α-hetero) is 1. The topological polar surface area (TPSA) is 83.5 Å². The van der Waals surface area contributed by atoms with Crippen LogP contribution >= 0.6 is 0 Å². The third kappa shape index (κ3) is 27.5. The fraction of sp³-hybridized carbons (Fsp3) is 0.955. The van der Waals surface area contributed by atoms with Crippen LogP contribution in [0.15, 0.2) is 0 Å². The lowest BCUT2D eigenvalue weighted by molar-refractivity contribution is -0.880. The lowest BCUT2D eigenvalue weighted by Gasteiger charge is -2.27. The predicted octanol–water partition coefficient (Wildman–Crippen LogP) is 5.23. The predicted molar refractivity (Wildman–Crippen MR) is 120 cm³/mol. The summed E-state index contributed by atoms with van der Waals surface area (Å²) in [5.74, 6) is 0.444. The van der Waals surface area contributed by atoms with Crippen molar-refractivity contribution in [1.29, 1.82) is 0 Å². The molecule has 0 atom stereocenters. The Kier molecular flexibility index (Phi) is 20.6. The lowest BCUT2D eigenvalue weighted by atomic mass is 10.0. The lowest BCUT2D eigenvalue weighted by Crippen LogP contribution is -2.43. The number of rotatable bonds is 18. The van der Waals surface area contributed by atoms with Crippen LogP contribution in [0.4, 0.5) is 0 Å². The van der Waals surface area contributed by atoms with Crippen molar-refractivity contribution in [3.63, 3.8) is 0 Å². The third-order valence-electron chi connectivity index (χ3n) is 5.22. The molecule has 0 aliphatic carbocycles. The van der Waals surface area contributed by atoms with Gasteiger partial charge in [0, 0.05) is 6.42 Å². The number of ketones is 1. The Morgan fingerprint density at radius 2 is 1.14 bits per heavy atom. The molecule has 0 rings (SSSR count). The van der Waals surface area contributed by atoms with Crippen molar-refractivity contribution in [2.75, 3.05) is 34.3 Å². The Hall–Kier alpha value is -0.500. The molecular weight excluding hydrogens is 390 g/mol. The second-order valence-corrected chi connectivity index (χ2v) is 9.67. The quantitative estimate of drug-likeness (QED) is 0.127. The monoisotopic (exact) mass is 437 g/mol. The maximum absolute atomic E-state index is 11.9. The normalized spacial score (nSPS) is 11.8. The van der Waals surface area contributed by atoms with Gasteiger partial charge in [0.1, 0.15) is 6.54 Å². The Labute approximate surface area is 180 Å². The second kappa shape index (κ2) is 19.5. The van der Waals surface area contributed by atoms with E-state index in [1.807, 2.05) is 0 Å². The first kappa shape index (κ1) is 30.7. The van der Waals surface area contributed by atoms with E-state index in [1.54, 1.807) is 0 Å². The maximum atomic E-state index is 11.9. The van der Waals surface area contributed by atoms with Crippen molar-refractivity contribution < 1.29 is 26.4 Å². The zero-order chi connectivity index (χ0) is 22.6. The van der Waals surface area contributed by atoms with Crippen LogP contribution in [0.3, 0.4) is 0 Å². The van der Waals surface area contributed by atoms with Gasteiger partial charge < -0.3 is 9.04 Å². The first-order chi connectivity index (χ1) is 13.6. The Morgan fingerprint density at radius 3 is 1.45 bits per heavy atom. The molecule has 0 saturated carbocycles. The summed E-state index contributed by atoms with van der Waals surface area (Å²) >= 11 is 0. The van der Waals surface area contributed by atoms with Gasteiger partial charge in [0.25, 0.3) is 0 Å². The van der Waals surface area contributed by atoms with Crippen LogP contribution in [-0.4, -0.2) is 57.5 Å². The first-order valence-electron chi connectivity index (χ1n) is 11.4. The molecule has 0 heterocycles. The fourth-order valence-electron chi connectivity index (χ4n) is 3.01. The standard InChI is InChI=1S/C21H44NO.CH4O4S/c1-5-7-8-9-10-11-12-13-14-15-16-17-18-19-21(23)20-22(3,4)6-2;1-5-6(2,3)4/h5-20H2,1-4H3;1H3,(H,2,3,4)/q+1;/p-1. The molecule has 0 N–H and O–H groups in total. The zero-order valence-corrected chi connectivity index (χ0v) is 20.5. The van der Waals surface area contributed by atoms with Crippen molar-refractivity contribution in [1.82, 2.24) is 0 Å². The van der Waals surface area contributed by atoms with E-state index in [9.17, 15) is 17.8 Å².